The van der Waals surface area contributed by atoms with Gasteiger partial charge in [-0.05, 0) is 20.8 Å². The van der Waals surface area contributed by atoms with Crippen molar-refractivity contribution in [2.75, 3.05) is 26.2 Å². The lowest BCUT2D eigenvalue weighted by molar-refractivity contribution is 0.121. The van der Waals surface area contributed by atoms with Crippen molar-refractivity contribution in [2.45, 2.75) is 33.9 Å². The summed E-state index contributed by atoms with van der Waals surface area (Å²) in [5.41, 5.74) is 4.74. The molecular weight excluding hydrogens is 278 g/mol. The van der Waals surface area contributed by atoms with E-state index in [9.17, 15) is 0 Å². The molecule has 2 aromatic heterocycles. The molecule has 6 nitrogen and oxygen atoms in total. The third-order valence-electron chi connectivity index (χ3n) is 4.54. The molecular formula is C16H25N5O. The van der Waals surface area contributed by atoms with E-state index in [2.05, 4.69) is 33.2 Å². The predicted molar refractivity (Wildman–Crippen MR) is 84.5 cm³/mol. The summed E-state index contributed by atoms with van der Waals surface area (Å²) in [5, 5.41) is 8.47. The Bertz CT molecular complexity index is 618. The van der Waals surface area contributed by atoms with Gasteiger partial charge in [0.25, 0.3) is 0 Å². The third-order valence-corrected chi connectivity index (χ3v) is 4.54. The van der Waals surface area contributed by atoms with Gasteiger partial charge >= 0.3 is 0 Å². The molecule has 6 heteroatoms. The molecule has 0 amide bonds. The van der Waals surface area contributed by atoms with Gasteiger partial charge in [-0.2, -0.15) is 5.10 Å². The Morgan fingerprint density at radius 1 is 1.00 bits per heavy atom. The van der Waals surface area contributed by atoms with E-state index in [1.807, 2.05) is 25.6 Å². The molecule has 0 bridgehead atoms. The quantitative estimate of drug-likeness (QED) is 0.859. The second-order valence-corrected chi connectivity index (χ2v) is 6.27. The molecule has 0 aromatic carbocycles. The Labute approximate surface area is 131 Å². The van der Waals surface area contributed by atoms with Gasteiger partial charge in [-0.1, -0.05) is 5.16 Å². The predicted octanol–water partition coefficient (Wildman–Crippen LogP) is 1.65. The van der Waals surface area contributed by atoms with Gasteiger partial charge in [0.2, 0.25) is 0 Å². The molecule has 0 saturated carbocycles. The van der Waals surface area contributed by atoms with E-state index in [1.54, 1.807) is 0 Å². The fourth-order valence-corrected chi connectivity index (χ4v) is 3.10. The van der Waals surface area contributed by atoms with E-state index < -0.39 is 0 Å². The van der Waals surface area contributed by atoms with Crippen LogP contribution in [0, 0.1) is 20.8 Å². The van der Waals surface area contributed by atoms with Crippen LogP contribution in [0.3, 0.4) is 0 Å². The lowest BCUT2D eigenvalue weighted by atomic mass is 10.1. The normalized spacial score (nSPS) is 17.3. The standard InChI is InChI=1S/C16H25N5O/c1-12-15(9-19(4)17-12)10-20-5-7-21(8-6-20)11-16-13(2)18-22-14(16)3/h9H,5-8,10-11H2,1-4H3. The monoisotopic (exact) mass is 303 g/mol. The Kier molecular flexibility index (Phi) is 4.31. The van der Waals surface area contributed by atoms with Crippen molar-refractivity contribution in [3.63, 3.8) is 0 Å². The molecule has 0 spiro atoms. The van der Waals surface area contributed by atoms with Crippen LogP contribution in [0.5, 0.6) is 0 Å². The number of hydrogen-bond donors (Lipinski definition) is 0. The van der Waals surface area contributed by atoms with E-state index in [1.165, 1.54) is 11.1 Å². The highest BCUT2D eigenvalue weighted by atomic mass is 16.5. The molecule has 1 saturated heterocycles. The maximum absolute atomic E-state index is 5.26. The summed E-state index contributed by atoms with van der Waals surface area (Å²) >= 11 is 0. The minimum absolute atomic E-state index is 0.945. The Morgan fingerprint density at radius 3 is 2.14 bits per heavy atom. The zero-order valence-corrected chi connectivity index (χ0v) is 14.0. The van der Waals surface area contributed by atoms with Crippen LogP contribution in [-0.4, -0.2) is 50.9 Å². The SMILES string of the molecule is Cc1nn(C)cc1CN1CCN(Cc2c(C)noc2C)CC1. The first kappa shape index (κ1) is 15.2. The molecule has 3 heterocycles. The number of aromatic nitrogens is 3. The summed E-state index contributed by atoms with van der Waals surface area (Å²) in [4.78, 5) is 4.99. The zero-order valence-electron chi connectivity index (χ0n) is 14.0. The Morgan fingerprint density at radius 2 is 1.64 bits per heavy atom. The number of piperazine rings is 1. The molecule has 0 atom stereocenters. The van der Waals surface area contributed by atoms with Gasteiger partial charge in [0.15, 0.2) is 0 Å². The molecule has 2 aromatic rings. The minimum atomic E-state index is 0.945. The average Bonchev–Trinajstić information content (AvgIpc) is 2.96. The highest BCUT2D eigenvalue weighted by Crippen LogP contribution is 2.17. The fraction of sp³-hybridized carbons (Fsp3) is 0.625. The van der Waals surface area contributed by atoms with Crippen LogP contribution in [0.25, 0.3) is 0 Å². The van der Waals surface area contributed by atoms with E-state index in [-0.39, 0.29) is 0 Å². The molecule has 22 heavy (non-hydrogen) atoms. The van der Waals surface area contributed by atoms with Gasteiger partial charge in [0.1, 0.15) is 5.76 Å². The first-order valence-electron chi connectivity index (χ1n) is 7.88. The third kappa shape index (κ3) is 3.23. The lowest BCUT2D eigenvalue weighted by Gasteiger charge is -2.34. The van der Waals surface area contributed by atoms with Crippen molar-refractivity contribution < 1.29 is 4.52 Å². The minimum Gasteiger partial charge on any atom is -0.361 e. The number of hydrogen-bond acceptors (Lipinski definition) is 5. The molecule has 1 aliphatic heterocycles. The first-order valence-corrected chi connectivity index (χ1v) is 7.88. The molecule has 0 N–H and O–H groups in total. The molecule has 0 unspecified atom stereocenters. The van der Waals surface area contributed by atoms with Crippen LogP contribution in [-0.2, 0) is 20.1 Å². The number of aryl methyl sites for hydroxylation is 4. The summed E-state index contributed by atoms with van der Waals surface area (Å²) in [5.74, 6) is 0.950. The van der Waals surface area contributed by atoms with E-state index >= 15 is 0 Å². The van der Waals surface area contributed by atoms with E-state index in [0.29, 0.717) is 0 Å². The summed E-state index contributed by atoms with van der Waals surface area (Å²) in [6.45, 7) is 12.4. The van der Waals surface area contributed by atoms with Crippen LogP contribution in [0.15, 0.2) is 10.7 Å². The Hall–Kier alpha value is -1.66. The van der Waals surface area contributed by atoms with Gasteiger partial charge in [-0.15, -0.1) is 0 Å². The second kappa shape index (κ2) is 6.22. The average molecular weight is 303 g/mol. The van der Waals surface area contributed by atoms with Crippen LogP contribution >= 0.6 is 0 Å². The Balaban J connectivity index is 1.53. The molecule has 1 fully saturated rings. The van der Waals surface area contributed by atoms with Crippen molar-refractivity contribution in [3.8, 4) is 0 Å². The highest BCUT2D eigenvalue weighted by molar-refractivity contribution is 5.20. The molecule has 120 valence electrons. The lowest BCUT2D eigenvalue weighted by Crippen LogP contribution is -2.45. The summed E-state index contributed by atoms with van der Waals surface area (Å²) in [7, 11) is 1.98. The van der Waals surface area contributed by atoms with Crippen LogP contribution < -0.4 is 0 Å². The largest absolute Gasteiger partial charge is 0.361 e. The van der Waals surface area contributed by atoms with Gasteiger partial charge < -0.3 is 4.52 Å². The van der Waals surface area contributed by atoms with Gasteiger partial charge in [-0.25, -0.2) is 0 Å². The van der Waals surface area contributed by atoms with Gasteiger partial charge in [-0.3, -0.25) is 14.5 Å². The second-order valence-electron chi connectivity index (χ2n) is 6.27. The smallest absolute Gasteiger partial charge is 0.138 e. The van der Waals surface area contributed by atoms with Gasteiger partial charge in [0, 0.05) is 63.6 Å². The maximum atomic E-state index is 5.26. The maximum Gasteiger partial charge on any atom is 0.138 e. The van der Waals surface area contributed by atoms with Crippen LogP contribution in [0.4, 0.5) is 0 Å². The molecule has 0 radical (unpaired) electrons. The summed E-state index contributed by atoms with van der Waals surface area (Å²) in [6.07, 6.45) is 2.13. The van der Waals surface area contributed by atoms with E-state index in [0.717, 1.165) is 56.4 Å². The number of nitrogens with zero attached hydrogens (tertiary/aromatic N) is 5. The van der Waals surface area contributed by atoms with Crippen LogP contribution in [0.2, 0.25) is 0 Å². The fourth-order valence-electron chi connectivity index (χ4n) is 3.10. The number of rotatable bonds is 4. The topological polar surface area (TPSA) is 50.3 Å². The van der Waals surface area contributed by atoms with Crippen molar-refractivity contribution in [2.24, 2.45) is 7.05 Å². The first-order chi connectivity index (χ1) is 10.5. The molecule has 0 aliphatic carbocycles. The zero-order chi connectivity index (χ0) is 15.7. The van der Waals surface area contributed by atoms with Crippen molar-refractivity contribution >= 4 is 0 Å². The van der Waals surface area contributed by atoms with E-state index in [4.69, 9.17) is 4.52 Å². The van der Waals surface area contributed by atoms with Crippen molar-refractivity contribution in [1.29, 1.82) is 0 Å². The van der Waals surface area contributed by atoms with Crippen molar-refractivity contribution in [3.05, 3.63) is 34.5 Å². The molecule has 1 aliphatic rings. The van der Waals surface area contributed by atoms with Crippen LogP contribution in [0.1, 0.15) is 28.3 Å². The highest BCUT2D eigenvalue weighted by Gasteiger charge is 2.20. The summed E-state index contributed by atoms with van der Waals surface area (Å²) < 4.78 is 7.16. The van der Waals surface area contributed by atoms with Gasteiger partial charge in [0.05, 0.1) is 11.4 Å². The molecule has 3 rings (SSSR count). The van der Waals surface area contributed by atoms with Crippen molar-refractivity contribution in [1.82, 2.24) is 24.7 Å². The summed E-state index contributed by atoms with van der Waals surface area (Å²) in [6, 6.07) is 0.